The molecule has 2 heterocycles. The van der Waals surface area contributed by atoms with Gasteiger partial charge in [-0.1, -0.05) is 18.9 Å². The summed E-state index contributed by atoms with van der Waals surface area (Å²) in [6.07, 6.45) is 8.88. The molecule has 0 amide bonds. The van der Waals surface area contributed by atoms with Crippen LogP contribution in [0.5, 0.6) is 0 Å². The number of ether oxygens (including phenoxy) is 1. The first-order valence-corrected chi connectivity index (χ1v) is 11.0. The Bertz CT molecular complexity index is 782. The topological polar surface area (TPSA) is 55.4 Å². The molecule has 1 atom stereocenters. The van der Waals surface area contributed by atoms with Crippen LogP contribution < -0.4 is 5.32 Å². The Labute approximate surface area is 164 Å². The van der Waals surface area contributed by atoms with Crippen molar-refractivity contribution in [1.82, 2.24) is 5.32 Å². The number of thiophene rings is 1. The predicted molar refractivity (Wildman–Crippen MR) is 106 cm³/mol. The summed E-state index contributed by atoms with van der Waals surface area (Å²) in [6.45, 7) is 1.94. The lowest BCUT2D eigenvalue weighted by molar-refractivity contribution is -0.145. The lowest BCUT2D eigenvalue weighted by Crippen LogP contribution is -2.35. The highest BCUT2D eigenvalue weighted by Gasteiger charge is 2.40. The third-order valence-electron chi connectivity index (χ3n) is 5.90. The van der Waals surface area contributed by atoms with Gasteiger partial charge in [0.05, 0.1) is 11.5 Å². The van der Waals surface area contributed by atoms with Crippen molar-refractivity contribution < 1.29 is 14.3 Å². The molecule has 0 spiro atoms. The van der Waals surface area contributed by atoms with Gasteiger partial charge in [0.2, 0.25) is 0 Å². The number of carbonyl (C=O) groups is 2. The number of nitrogens with one attached hydrogen (secondary N) is 1. The van der Waals surface area contributed by atoms with Crippen LogP contribution >= 0.6 is 11.3 Å². The summed E-state index contributed by atoms with van der Waals surface area (Å²) in [5, 5.41) is 5.37. The zero-order chi connectivity index (χ0) is 18.8. The van der Waals surface area contributed by atoms with E-state index in [0.717, 1.165) is 60.4 Å². The molecule has 144 valence electrons. The number of hydrogen-bond acceptors (Lipinski definition) is 5. The van der Waals surface area contributed by atoms with E-state index in [1.165, 1.54) is 12.8 Å². The van der Waals surface area contributed by atoms with Crippen molar-refractivity contribution in [3.05, 3.63) is 44.9 Å². The van der Waals surface area contributed by atoms with Crippen molar-refractivity contribution in [1.29, 1.82) is 0 Å². The summed E-state index contributed by atoms with van der Waals surface area (Å²) < 4.78 is 5.96. The van der Waals surface area contributed by atoms with Crippen molar-refractivity contribution >= 4 is 23.1 Å². The standard InChI is InChI=1S/C22H27NO3S/c1-14-19(22(25)26-15-8-4-2-3-5-9-15)21(18-12-7-13-27-18)20-16(23-14)10-6-11-17(20)24/h7,12-13,15,21,23H,2-6,8-11H2,1H3/t21-/m0/s1. The number of dihydropyridines is 1. The summed E-state index contributed by atoms with van der Waals surface area (Å²) >= 11 is 1.60. The molecule has 1 fully saturated rings. The summed E-state index contributed by atoms with van der Waals surface area (Å²) in [5.74, 6) is -0.378. The van der Waals surface area contributed by atoms with Crippen LogP contribution in [-0.4, -0.2) is 17.9 Å². The van der Waals surface area contributed by atoms with Crippen molar-refractivity contribution in [2.24, 2.45) is 0 Å². The summed E-state index contributed by atoms with van der Waals surface area (Å²) in [6, 6.07) is 4.01. The highest BCUT2D eigenvalue weighted by molar-refractivity contribution is 7.10. The molecule has 0 bridgehead atoms. The number of carbonyl (C=O) groups excluding carboxylic acids is 2. The zero-order valence-corrected chi connectivity index (χ0v) is 16.7. The quantitative estimate of drug-likeness (QED) is 0.589. The Morgan fingerprint density at radius 1 is 1.15 bits per heavy atom. The van der Waals surface area contributed by atoms with Crippen LogP contribution in [0.15, 0.2) is 40.1 Å². The molecule has 1 aromatic heterocycles. The molecule has 0 aromatic carbocycles. The van der Waals surface area contributed by atoms with E-state index in [1.54, 1.807) is 11.3 Å². The van der Waals surface area contributed by atoms with Crippen LogP contribution in [0.25, 0.3) is 0 Å². The van der Waals surface area contributed by atoms with Gasteiger partial charge in [0, 0.05) is 28.3 Å². The van der Waals surface area contributed by atoms with E-state index in [4.69, 9.17) is 4.74 Å². The van der Waals surface area contributed by atoms with Gasteiger partial charge >= 0.3 is 5.97 Å². The fourth-order valence-corrected chi connectivity index (χ4v) is 5.41. The van der Waals surface area contributed by atoms with Gasteiger partial charge in [-0.25, -0.2) is 4.79 Å². The number of Topliss-reactive ketones (excluding diaryl/α,β-unsaturated/α-hetero) is 1. The molecular weight excluding hydrogens is 358 g/mol. The van der Waals surface area contributed by atoms with Crippen molar-refractivity contribution in [2.75, 3.05) is 0 Å². The second kappa shape index (κ2) is 8.01. The molecule has 3 aliphatic rings. The minimum atomic E-state index is -0.285. The van der Waals surface area contributed by atoms with Gasteiger partial charge in [0.25, 0.3) is 0 Å². The van der Waals surface area contributed by atoms with E-state index in [-0.39, 0.29) is 23.8 Å². The van der Waals surface area contributed by atoms with Crippen molar-refractivity contribution in [3.63, 3.8) is 0 Å². The van der Waals surface area contributed by atoms with Crippen LogP contribution in [0.3, 0.4) is 0 Å². The van der Waals surface area contributed by atoms with E-state index in [0.29, 0.717) is 12.0 Å². The van der Waals surface area contributed by atoms with E-state index >= 15 is 0 Å². The maximum atomic E-state index is 13.2. The molecule has 1 saturated carbocycles. The van der Waals surface area contributed by atoms with Crippen LogP contribution in [0, 0.1) is 0 Å². The Morgan fingerprint density at radius 3 is 2.63 bits per heavy atom. The van der Waals surface area contributed by atoms with E-state index < -0.39 is 0 Å². The summed E-state index contributed by atoms with van der Waals surface area (Å²) in [4.78, 5) is 27.1. The first-order chi connectivity index (χ1) is 13.1. The Kier molecular flexibility index (Phi) is 5.48. The maximum absolute atomic E-state index is 13.2. The van der Waals surface area contributed by atoms with Crippen LogP contribution in [0.4, 0.5) is 0 Å². The second-order valence-corrected chi connectivity index (χ2v) is 8.78. The number of allylic oxidation sites excluding steroid dienone is 3. The first kappa shape index (κ1) is 18.5. The van der Waals surface area contributed by atoms with Gasteiger partial charge in [-0.15, -0.1) is 11.3 Å². The third kappa shape index (κ3) is 3.75. The molecule has 4 rings (SSSR count). The Hall–Kier alpha value is -1.88. The van der Waals surface area contributed by atoms with Crippen molar-refractivity contribution in [3.8, 4) is 0 Å². The highest BCUT2D eigenvalue weighted by Crippen LogP contribution is 2.44. The molecule has 27 heavy (non-hydrogen) atoms. The molecular formula is C22H27NO3S. The van der Waals surface area contributed by atoms with Gasteiger partial charge in [-0.3, -0.25) is 4.79 Å². The fourth-order valence-electron chi connectivity index (χ4n) is 4.57. The summed E-state index contributed by atoms with van der Waals surface area (Å²) in [7, 11) is 0. The molecule has 0 radical (unpaired) electrons. The van der Waals surface area contributed by atoms with Crippen molar-refractivity contribution in [2.45, 2.75) is 76.7 Å². The van der Waals surface area contributed by atoms with Gasteiger partial charge in [0.1, 0.15) is 6.10 Å². The third-order valence-corrected chi connectivity index (χ3v) is 6.84. The molecule has 1 aliphatic heterocycles. The van der Waals surface area contributed by atoms with Gasteiger partial charge in [-0.05, 0) is 56.9 Å². The molecule has 5 heteroatoms. The van der Waals surface area contributed by atoms with Crippen LogP contribution in [-0.2, 0) is 14.3 Å². The average molecular weight is 386 g/mol. The number of ketones is 1. The number of hydrogen-bond donors (Lipinski definition) is 1. The molecule has 1 aromatic rings. The SMILES string of the molecule is CC1=C(C(=O)OC2CCCCCC2)[C@H](c2cccs2)C2=C(CCCC2=O)N1. The minimum absolute atomic E-state index is 0.00159. The maximum Gasteiger partial charge on any atom is 0.337 e. The van der Waals surface area contributed by atoms with Gasteiger partial charge < -0.3 is 10.1 Å². The summed E-state index contributed by atoms with van der Waals surface area (Å²) in [5.41, 5.74) is 3.23. The number of rotatable bonds is 3. The monoisotopic (exact) mass is 385 g/mol. The smallest absolute Gasteiger partial charge is 0.337 e. The largest absolute Gasteiger partial charge is 0.459 e. The van der Waals surface area contributed by atoms with E-state index in [2.05, 4.69) is 5.32 Å². The molecule has 0 unspecified atom stereocenters. The van der Waals surface area contributed by atoms with Crippen LogP contribution in [0.2, 0.25) is 0 Å². The molecule has 0 saturated heterocycles. The molecule has 2 aliphatic carbocycles. The lowest BCUT2D eigenvalue weighted by atomic mass is 9.78. The fraction of sp³-hybridized carbons (Fsp3) is 0.545. The molecule has 4 nitrogen and oxygen atoms in total. The Balaban J connectivity index is 1.67. The lowest BCUT2D eigenvalue weighted by Gasteiger charge is -2.34. The van der Waals surface area contributed by atoms with Gasteiger partial charge in [-0.2, -0.15) is 0 Å². The average Bonchev–Trinajstić information content (AvgIpc) is 3.06. The minimum Gasteiger partial charge on any atom is -0.459 e. The molecule has 1 N–H and O–H groups in total. The van der Waals surface area contributed by atoms with Gasteiger partial charge in [0.15, 0.2) is 5.78 Å². The van der Waals surface area contributed by atoms with E-state index in [9.17, 15) is 9.59 Å². The first-order valence-electron chi connectivity index (χ1n) is 10.1. The highest BCUT2D eigenvalue weighted by atomic mass is 32.1. The predicted octanol–water partition coefficient (Wildman–Crippen LogP) is 4.98. The second-order valence-electron chi connectivity index (χ2n) is 7.80. The Morgan fingerprint density at radius 2 is 1.93 bits per heavy atom. The van der Waals surface area contributed by atoms with E-state index in [1.807, 2.05) is 24.4 Å². The zero-order valence-electron chi connectivity index (χ0n) is 15.9. The van der Waals surface area contributed by atoms with Crippen LogP contribution in [0.1, 0.15) is 75.5 Å². The number of esters is 1. The normalized spacial score (nSPS) is 24.3.